The number of nitrogen functional groups attached to an aromatic ring is 1. The molecule has 8 nitrogen and oxygen atoms in total. The maximum atomic E-state index is 8.90. The van der Waals surface area contributed by atoms with Crippen LogP contribution < -0.4 is 16.0 Å². The van der Waals surface area contributed by atoms with E-state index in [-0.39, 0.29) is 25.1 Å². The third-order valence-corrected chi connectivity index (χ3v) is 1.81. The molecule has 0 saturated heterocycles. The van der Waals surface area contributed by atoms with Crippen molar-refractivity contribution >= 4 is 17.8 Å². The van der Waals surface area contributed by atoms with Crippen LogP contribution >= 0.6 is 0 Å². The van der Waals surface area contributed by atoms with Crippen molar-refractivity contribution in [3.63, 3.8) is 0 Å². The molecule has 1 rings (SSSR count). The summed E-state index contributed by atoms with van der Waals surface area (Å²) < 4.78 is 0. The number of anilines is 3. The van der Waals surface area contributed by atoms with Crippen LogP contribution in [0.4, 0.5) is 17.8 Å². The van der Waals surface area contributed by atoms with Crippen LogP contribution in [0, 0.1) is 0 Å². The molecule has 0 aliphatic heterocycles. The van der Waals surface area contributed by atoms with Gasteiger partial charge in [0.15, 0.2) is 0 Å². The Morgan fingerprint density at radius 2 is 1.88 bits per heavy atom. The summed E-state index contributed by atoms with van der Waals surface area (Å²) in [5, 5.41) is 20.5. The van der Waals surface area contributed by atoms with Crippen LogP contribution in [0.15, 0.2) is 0 Å². The number of nitrogens with two attached hydrogens (primary N) is 1. The van der Waals surface area contributed by atoms with E-state index < -0.39 is 6.04 Å². The summed E-state index contributed by atoms with van der Waals surface area (Å²) in [5.41, 5.74) is 5.50. The number of aliphatic hydroxyl groups excluding tert-OH is 2. The molecule has 0 aliphatic rings. The van der Waals surface area contributed by atoms with Gasteiger partial charge in [0.1, 0.15) is 0 Å². The highest BCUT2D eigenvalue weighted by Gasteiger charge is 2.10. The summed E-state index contributed by atoms with van der Waals surface area (Å²) >= 11 is 0. The molecule has 8 heteroatoms. The van der Waals surface area contributed by atoms with Crippen molar-refractivity contribution in [3.05, 3.63) is 0 Å². The molecule has 0 radical (unpaired) electrons. The highest BCUT2D eigenvalue weighted by molar-refractivity contribution is 5.41. The average Bonchev–Trinajstić information content (AvgIpc) is 2.25. The van der Waals surface area contributed by atoms with Crippen LogP contribution in [0.1, 0.15) is 0 Å². The van der Waals surface area contributed by atoms with Gasteiger partial charge in [-0.05, 0) is 0 Å². The molecule has 0 bridgehead atoms. The van der Waals surface area contributed by atoms with Crippen molar-refractivity contribution in [1.29, 1.82) is 0 Å². The highest BCUT2D eigenvalue weighted by atomic mass is 16.3. The monoisotopic (exact) mass is 228 g/mol. The molecule has 0 unspecified atom stereocenters. The van der Waals surface area contributed by atoms with Gasteiger partial charge in [-0.2, -0.15) is 15.0 Å². The van der Waals surface area contributed by atoms with Gasteiger partial charge in [0.25, 0.3) is 0 Å². The third-order valence-electron chi connectivity index (χ3n) is 1.81. The highest BCUT2D eigenvalue weighted by Crippen LogP contribution is 2.09. The second-order valence-electron chi connectivity index (χ2n) is 3.42. The van der Waals surface area contributed by atoms with Crippen molar-refractivity contribution in [2.75, 3.05) is 43.3 Å². The average molecular weight is 228 g/mol. The molecule has 5 N–H and O–H groups in total. The summed E-state index contributed by atoms with van der Waals surface area (Å²) in [6.45, 7) is -0.446. The van der Waals surface area contributed by atoms with E-state index in [0.717, 1.165) is 0 Å². The van der Waals surface area contributed by atoms with E-state index in [1.807, 2.05) is 0 Å². The Balaban J connectivity index is 2.87. The predicted octanol–water partition coefficient (Wildman–Crippen LogP) is -1.72. The van der Waals surface area contributed by atoms with E-state index in [1.165, 1.54) is 0 Å². The molecule has 0 saturated carbocycles. The summed E-state index contributed by atoms with van der Waals surface area (Å²) in [4.78, 5) is 13.5. The molecule has 0 atom stereocenters. The summed E-state index contributed by atoms with van der Waals surface area (Å²) in [5.74, 6) is 0.713. The fourth-order valence-corrected chi connectivity index (χ4v) is 0.977. The Morgan fingerprint density at radius 1 is 1.25 bits per heavy atom. The zero-order valence-electron chi connectivity index (χ0n) is 9.25. The standard InChI is InChI=1S/C8H16N6O2/c1-14(2)8-12-6(9)11-7(13-8)10-5(3-15)4-16/h5,15-16H,3-4H2,1-2H3,(H3,9,10,11,12,13). The van der Waals surface area contributed by atoms with Crippen LogP contribution in [0.5, 0.6) is 0 Å². The molecule has 0 aliphatic carbocycles. The van der Waals surface area contributed by atoms with E-state index in [1.54, 1.807) is 19.0 Å². The Kier molecular flexibility index (Phi) is 4.20. The minimum Gasteiger partial charge on any atom is -0.394 e. The molecule has 0 amide bonds. The SMILES string of the molecule is CN(C)c1nc(N)nc(NC(CO)CO)n1. The molecule has 16 heavy (non-hydrogen) atoms. The van der Waals surface area contributed by atoms with Gasteiger partial charge in [0.05, 0.1) is 19.3 Å². The fraction of sp³-hybridized carbons (Fsp3) is 0.625. The van der Waals surface area contributed by atoms with E-state index in [4.69, 9.17) is 15.9 Å². The fourth-order valence-electron chi connectivity index (χ4n) is 0.977. The zero-order valence-corrected chi connectivity index (χ0v) is 9.25. The number of hydrogen-bond acceptors (Lipinski definition) is 8. The number of rotatable bonds is 5. The van der Waals surface area contributed by atoms with Crippen LogP contribution in [-0.4, -0.2) is 58.5 Å². The number of aromatic nitrogens is 3. The normalized spacial score (nSPS) is 10.6. The summed E-state index contributed by atoms with van der Waals surface area (Å²) in [6, 6.07) is -0.517. The Labute approximate surface area is 93.2 Å². The Hall–Kier alpha value is -1.67. The first-order chi connectivity index (χ1) is 7.56. The maximum Gasteiger partial charge on any atom is 0.231 e. The molecule has 1 heterocycles. The van der Waals surface area contributed by atoms with E-state index in [2.05, 4.69) is 20.3 Å². The van der Waals surface area contributed by atoms with Gasteiger partial charge in [-0.1, -0.05) is 0 Å². The number of hydrogen-bond donors (Lipinski definition) is 4. The lowest BCUT2D eigenvalue weighted by atomic mass is 10.3. The van der Waals surface area contributed by atoms with Crippen molar-refractivity contribution in [2.24, 2.45) is 0 Å². The maximum absolute atomic E-state index is 8.90. The van der Waals surface area contributed by atoms with Gasteiger partial charge >= 0.3 is 0 Å². The molecule has 0 spiro atoms. The molecular formula is C8H16N6O2. The van der Waals surface area contributed by atoms with Crippen LogP contribution in [0.3, 0.4) is 0 Å². The second-order valence-corrected chi connectivity index (χ2v) is 3.42. The van der Waals surface area contributed by atoms with Gasteiger partial charge in [0, 0.05) is 14.1 Å². The largest absolute Gasteiger partial charge is 0.394 e. The van der Waals surface area contributed by atoms with Crippen LogP contribution in [0.2, 0.25) is 0 Å². The minimum absolute atomic E-state index is 0.0795. The molecule has 90 valence electrons. The van der Waals surface area contributed by atoms with Crippen molar-refractivity contribution < 1.29 is 10.2 Å². The van der Waals surface area contributed by atoms with Gasteiger partial charge in [-0.25, -0.2) is 0 Å². The van der Waals surface area contributed by atoms with Gasteiger partial charge < -0.3 is 26.2 Å². The summed E-state index contributed by atoms with van der Waals surface area (Å²) in [6.07, 6.45) is 0. The minimum atomic E-state index is -0.517. The van der Waals surface area contributed by atoms with E-state index >= 15 is 0 Å². The van der Waals surface area contributed by atoms with Crippen molar-refractivity contribution in [1.82, 2.24) is 15.0 Å². The number of nitrogens with zero attached hydrogens (tertiary/aromatic N) is 4. The number of aliphatic hydroxyl groups is 2. The zero-order chi connectivity index (χ0) is 12.1. The van der Waals surface area contributed by atoms with E-state index in [9.17, 15) is 0 Å². The smallest absolute Gasteiger partial charge is 0.231 e. The first kappa shape index (κ1) is 12.4. The topological polar surface area (TPSA) is 120 Å². The molecule has 0 fully saturated rings. The Morgan fingerprint density at radius 3 is 2.38 bits per heavy atom. The van der Waals surface area contributed by atoms with Crippen molar-refractivity contribution in [2.45, 2.75) is 6.04 Å². The van der Waals surface area contributed by atoms with Crippen LogP contribution in [-0.2, 0) is 0 Å². The van der Waals surface area contributed by atoms with E-state index in [0.29, 0.717) is 5.95 Å². The molecule has 0 aromatic carbocycles. The second kappa shape index (κ2) is 5.42. The first-order valence-electron chi connectivity index (χ1n) is 4.74. The molecule has 1 aromatic heterocycles. The number of nitrogens with one attached hydrogen (secondary N) is 1. The lowest BCUT2D eigenvalue weighted by Gasteiger charge is -2.15. The van der Waals surface area contributed by atoms with Gasteiger partial charge in [-0.3, -0.25) is 0 Å². The molecular weight excluding hydrogens is 212 g/mol. The lowest BCUT2D eigenvalue weighted by molar-refractivity contribution is 0.203. The predicted molar refractivity (Wildman–Crippen MR) is 60.1 cm³/mol. The lowest BCUT2D eigenvalue weighted by Crippen LogP contribution is -2.29. The first-order valence-corrected chi connectivity index (χ1v) is 4.74. The van der Waals surface area contributed by atoms with Crippen molar-refractivity contribution in [3.8, 4) is 0 Å². The third kappa shape index (κ3) is 3.17. The van der Waals surface area contributed by atoms with Crippen LogP contribution in [0.25, 0.3) is 0 Å². The summed E-state index contributed by atoms with van der Waals surface area (Å²) in [7, 11) is 3.54. The Bertz CT molecular complexity index is 341. The van der Waals surface area contributed by atoms with Gasteiger partial charge in [0.2, 0.25) is 17.8 Å². The quantitative estimate of drug-likeness (QED) is 0.470. The van der Waals surface area contributed by atoms with Gasteiger partial charge in [-0.15, -0.1) is 0 Å². The molecule has 1 aromatic rings.